The maximum absolute atomic E-state index is 5.92. The number of nitrogens with zero attached hydrogens (tertiary/aromatic N) is 4. The van der Waals surface area contributed by atoms with Crippen LogP contribution in [-0.4, -0.2) is 78.8 Å². The number of aromatic nitrogens is 3. The van der Waals surface area contributed by atoms with E-state index in [-0.39, 0.29) is 6.10 Å². The summed E-state index contributed by atoms with van der Waals surface area (Å²) in [5.74, 6) is 2.59. The molecule has 0 aromatic carbocycles. The fourth-order valence-corrected chi connectivity index (χ4v) is 4.13. The number of hydrogen-bond acceptors (Lipinski definition) is 6. The molecule has 0 radical (unpaired) electrons. The second-order valence-corrected chi connectivity index (χ2v) is 7.65. The van der Waals surface area contributed by atoms with Crippen LogP contribution in [0.4, 0.5) is 0 Å². The van der Waals surface area contributed by atoms with Crippen molar-refractivity contribution in [2.24, 2.45) is 0 Å². The molecular weight excluding hydrogens is 318 g/mol. The van der Waals surface area contributed by atoms with Gasteiger partial charge in [-0.3, -0.25) is 0 Å². The van der Waals surface area contributed by atoms with E-state index in [1.54, 1.807) is 0 Å². The summed E-state index contributed by atoms with van der Waals surface area (Å²) in [5.41, 5.74) is 0. The van der Waals surface area contributed by atoms with Crippen LogP contribution in [0.3, 0.4) is 0 Å². The van der Waals surface area contributed by atoms with Gasteiger partial charge in [-0.15, -0.1) is 0 Å². The van der Waals surface area contributed by atoms with Crippen molar-refractivity contribution in [3.05, 3.63) is 11.6 Å². The molecule has 4 heterocycles. The lowest BCUT2D eigenvalue weighted by atomic mass is 10.00. The Morgan fingerprint density at radius 3 is 2.64 bits per heavy atom. The Morgan fingerprint density at radius 2 is 1.92 bits per heavy atom. The fourth-order valence-electron chi connectivity index (χ4n) is 4.13. The number of likely N-dealkylation sites (tertiary alicyclic amines) is 1. The maximum Gasteiger partial charge on any atom is 0.154 e. The zero-order valence-electron chi connectivity index (χ0n) is 15.3. The molecule has 4 rings (SSSR count). The molecule has 3 aliphatic rings. The van der Waals surface area contributed by atoms with Crippen LogP contribution in [-0.2, 0) is 15.9 Å². The van der Waals surface area contributed by atoms with Gasteiger partial charge in [-0.25, -0.2) is 9.67 Å². The van der Waals surface area contributed by atoms with Crippen molar-refractivity contribution in [3.8, 4) is 0 Å². The highest BCUT2D eigenvalue weighted by Crippen LogP contribution is 2.28. The quantitative estimate of drug-likeness (QED) is 0.874. The largest absolute Gasteiger partial charge is 0.381 e. The van der Waals surface area contributed by atoms with Gasteiger partial charge in [-0.2, -0.15) is 5.10 Å². The Hall–Kier alpha value is -1.02. The first-order valence-electron chi connectivity index (χ1n) is 9.83. The second kappa shape index (κ2) is 8.12. The van der Waals surface area contributed by atoms with Crippen molar-refractivity contribution in [2.45, 2.75) is 50.2 Å². The minimum atomic E-state index is 0.213. The van der Waals surface area contributed by atoms with E-state index in [2.05, 4.69) is 21.9 Å². The lowest BCUT2D eigenvalue weighted by molar-refractivity contribution is 0.0269. The van der Waals surface area contributed by atoms with Crippen LogP contribution in [0.25, 0.3) is 0 Å². The molecule has 7 heteroatoms. The summed E-state index contributed by atoms with van der Waals surface area (Å²) < 4.78 is 13.7. The van der Waals surface area contributed by atoms with Gasteiger partial charge < -0.3 is 19.7 Å². The Labute approximate surface area is 150 Å². The number of rotatable bonds is 4. The highest BCUT2D eigenvalue weighted by atomic mass is 16.5. The first kappa shape index (κ1) is 17.4. The van der Waals surface area contributed by atoms with Gasteiger partial charge in [-0.1, -0.05) is 0 Å². The molecule has 140 valence electrons. The van der Waals surface area contributed by atoms with Gasteiger partial charge in [-0.05, 0) is 45.8 Å². The van der Waals surface area contributed by atoms with E-state index in [0.717, 1.165) is 89.8 Å². The standard InChI is InChI=1S/C18H31N5O2/c1-22-7-2-15(3-8-22)23-17(12-16-13-19-6-11-25-16)20-18(21-23)14-4-9-24-10-5-14/h14-16,19H,2-13H2,1H3/t16-/m1/s1. The molecule has 3 aliphatic heterocycles. The first-order valence-corrected chi connectivity index (χ1v) is 9.83. The molecular formula is C18H31N5O2. The predicted molar refractivity (Wildman–Crippen MR) is 94.9 cm³/mol. The van der Waals surface area contributed by atoms with Crippen molar-refractivity contribution in [3.63, 3.8) is 0 Å². The molecule has 0 amide bonds. The second-order valence-electron chi connectivity index (χ2n) is 7.65. The summed E-state index contributed by atoms with van der Waals surface area (Å²) in [4.78, 5) is 7.40. The average molecular weight is 349 g/mol. The maximum atomic E-state index is 5.92. The third-order valence-electron chi connectivity index (χ3n) is 5.75. The summed E-state index contributed by atoms with van der Waals surface area (Å²) in [6, 6.07) is 0.476. The summed E-state index contributed by atoms with van der Waals surface area (Å²) >= 11 is 0. The molecule has 3 saturated heterocycles. The van der Waals surface area contributed by atoms with Crippen LogP contribution in [0.1, 0.15) is 49.3 Å². The van der Waals surface area contributed by atoms with E-state index in [9.17, 15) is 0 Å². The van der Waals surface area contributed by atoms with E-state index in [4.69, 9.17) is 19.6 Å². The van der Waals surface area contributed by atoms with Crippen LogP contribution in [0.15, 0.2) is 0 Å². The van der Waals surface area contributed by atoms with E-state index >= 15 is 0 Å². The third kappa shape index (κ3) is 4.22. The summed E-state index contributed by atoms with van der Waals surface area (Å²) in [6.07, 6.45) is 5.46. The zero-order chi connectivity index (χ0) is 17.1. The molecule has 0 bridgehead atoms. The SMILES string of the molecule is CN1CCC(n2nc(C3CCOCC3)nc2C[C@@H]2CNCCO2)CC1. The molecule has 0 spiro atoms. The molecule has 0 aliphatic carbocycles. The normalized spacial score (nSPS) is 27.6. The van der Waals surface area contributed by atoms with Gasteiger partial charge in [0.2, 0.25) is 0 Å². The Bertz CT molecular complexity index is 544. The molecule has 1 atom stereocenters. The molecule has 1 N–H and O–H groups in total. The van der Waals surface area contributed by atoms with Crippen molar-refractivity contribution < 1.29 is 9.47 Å². The van der Waals surface area contributed by atoms with Crippen molar-refractivity contribution in [1.29, 1.82) is 0 Å². The van der Waals surface area contributed by atoms with Crippen LogP contribution in [0, 0.1) is 0 Å². The molecule has 1 aromatic heterocycles. The number of nitrogens with one attached hydrogen (secondary N) is 1. The minimum absolute atomic E-state index is 0.213. The fraction of sp³-hybridized carbons (Fsp3) is 0.889. The zero-order valence-corrected chi connectivity index (χ0v) is 15.3. The summed E-state index contributed by atoms with van der Waals surface area (Å²) in [6.45, 7) is 6.59. The van der Waals surface area contributed by atoms with Gasteiger partial charge in [0.1, 0.15) is 5.82 Å². The summed E-state index contributed by atoms with van der Waals surface area (Å²) in [5, 5.41) is 8.43. The van der Waals surface area contributed by atoms with Crippen LogP contribution in [0.5, 0.6) is 0 Å². The molecule has 1 aromatic rings. The highest BCUT2D eigenvalue weighted by Gasteiger charge is 2.28. The topological polar surface area (TPSA) is 64.4 Å². The lowest BCUT2D eigenvalue weighted by Gasteiger charge is -2.30. The summed E-state index contributed by atoms with van der Waals surface area (Å²) in [7, 11) is 2.20. The highest BCUT2D eigenvalue weighted by molar-refractivity contribution is 5.04. The van der Waals surface area contributed by atoms with Crippen LogP contribution < -0.4 is 5.32 Å². The van der Waals surface area contributed by atoms with Gasteiger partial charge >= 0.3 is 0 Å². The third-order valence-corrected chi connectivity index (χ3v) is 5.75. The molecule has 7 nitrogen and oxygen atoms in total. The van der Waals surface area contributed by atoms with Crippen LogP contribution >= 0.6 is 0 Å². The number of hydrogen-bond donors (Lipinski definition) is 1. The molecule has 3 fully saturated rings. The number of piperidine rings is 1. The van der Waals surface area contributed by atoms with E-state index in [0.29, 0.717) is 12.0 Å². The van der Waals surface area contributed by atoms with E-state index in [1.807, 2.05) is 0 Å². The van der Waals surface area contributed by atoms with Crippen molar-refractivity contribution in [1.82, 2.24) is 25.0 Å². The van der Waals surface area contributed by atoms with Crippen molar-refractivity contribution in [2.75, 3.05) is 53.0 Å². The molecule has 25 heavy (non-hydrogen) atoms. The van der Waals surface area contributed by atoms with E-state index in [1.165, 1.54) is 0 Å². The van der Waals surface area contributed by atoms with Gasteiger partial charge in [0.15, 0.2) is 5.82 Å². The Morgan fingerprint density at radius 1 is 1.12 bits per heavy atom. The van der Waals surface area contributed by atoms with Gasteiger partial charge in [0, 0.05) is 38.6 Å². The first-order chi connectivity index (χ1) is 12.3. The minimum Gasteiger partial charge on any atom is -0.381 e. The smallest absolute Gasteiger partial charge is 0.154 e. The number of ether oxygens (including phenoxy) is 2. The molecule has 0 unspecified atom stereocenters. The lowest BCUT2D eigenvalue weighted by Crippen LogP contribution is -2.40. The monoisotopic (exact) mass is 349 g/mol. The van der Waals surface area contributed by atoms with Crippen molar-refractivity contribution >= 4 is 0 Å². The van der Waals surface area contributed by atoms with Crippen LogP contribution in [0.2, 0.25) is 0 Å². The average Bonchev–Trinajstić information content (AvgIpc) is 3.08. The number of morpholine rings is 1. The predicted octanol–water partition coefficient (Wildman–Crippen LogP) is 0.970. The Balaban J connectivity index is 1.54. The van der Waals surface area contributed by atoms with Gasteiger partial charge in [0.25, 0.3) is 0 Å². The molecule has 0 saturated carbocycles. The van der Waals surface area contributed by atoms with Gasteiger partial charge in [0.05, 0.1) is 18.8 Å². The Kier molecular flexibility index (Phi) is 5.65. The van der Waals surface area contributed by atoms with E-state index < -0.39 is 0 Å².